The third kappa shape index (κ3) is 3.64. The molecule has 2 aromatic carbocycles. The van der Waals surface area contributed by atoms with Gasteiger partial charge in [-0.15, -0.1) is 0 Å². The van der Waals surface area contributed by atoms with Crippen molar-refractivity contribution in [2.75, 3.05) is 16.8 Å². The van der Waals surface area contributed by atoms with Gasteiger partial charge in [0, 0.05) is 37.3 Å². The lowest BCUT2D eigenvalue weighted by Crippen LogP contribution is -2.52. The molecule has 2 heterocycles. The number of anilines is 2. The van der Waals surface area contributed by atoms with Crippen LogP contribution in [-0.4, -0.2) is 35.0 Å². The van der Waals surface area contributed by atoms with Crippen LogP contribution in [-0.2, 0) is 27.3 Å². The van der Waals surface area contributed by atoms with Gasteiger partial charge in [0.15, 0.2) is 0 Å². The summed E-state index contributed by atoms with van der Waals surface area (Å²) < 4.78 is 13.5. The molecular weight excluding hydrogens is 413 g/mol. The van der Waals surface area contributed by atoms with Gasteiger partial charge < -0.3 is 20.6 Å². The molecule has 2 aromatic rings. The van der Waals surface area contributed by atoms with Crippen molar-refractivity contribution in [3.05, 3.63) is 58.4 Å². The smallest absolute Gasteiger partial charge is 0.268 e. The van der Waals surface area contributed by atoms with Gasteiger partial charge in [-0.3, -0.25) is 14.4 Å². The Morgan fingerprint density at radius 3 is 2.80 bits per heavy atom. The lowest BCUT2D eigenvalue weighted by atomic mass is 10.0. The average Bonchev–Trinajstić information content (AvgIpc) is 3.04. The first-order valence-electron chi connectivity index (χ1n) is 9.47. The topological polar surface area (TPSA) is 98.7 Å². The van der Waals surface area contributed by atoms with Gasteiger partial charge in [-0.1, -0.05) is 17.7 Å². The first kappa shape index (κ1) is 20.3. The maximum Gasteiger partial charge on any atom is 0.268 e. The molecule has 0 unspecified atom stereocenters. The summed E-state index contributed by atoms with van der Waals surface area (Å²) in [4.78, 5) is 38.3. The highest BCUT2D eigenvalue weighted by Gasteiger charge is 2.51. The van der Waals surface area contributed by atoms with Crippen molar-refractivity contribution in [1.29, 1.82) is 0 Å². The molecule has 2 aliphatic heterocycles. The summed E-state index contributed by atoms with van der Waals surface area (Å²) in [5.74, 6) is -2.23. The van der Waals surface area contributed by atoms with E-state index in [-0.39, 0.29) is 30.4 Å². The Bertz CT molecular complexity index is 1060. The molecule has 9 heteroatoms. The fourth-order valence-electron chi connectivity index (χ4n) is 3.68. The second kappa shape index (κ2) is 7.70. The summed E-state index contributed by atoms with van der Waals surface area (Å²) in [6, 6.07) is 9.26. The first-order valence-corrected chi connectivity index (χ1v) is 9.85. The molecule has 0 bridgehead atoms. The summed E-state index contributed by atoms with van der Waals surface area (Å²) in [6.45, 7) is 0.116. The van der Waals surface area contributed by atoms with Crippen molar-refractivity contribution < 1.29 is 23.9 Å². The number of hydrogen-bond donors (Lipinski definition) is 3. The third-order valence-corrected chi connectivity index (χ3v) is 5.71. The number of rotatable bonds is 4. The zero-order valence-electron chi connectivity index (χ0n) is 15.9. The van der Waals surface area contributed by atoms with E-state index >= 15 is 0 Å². The quantitative estimate of drug-likeness (QED) is 0.646. The van der Waals surface area contributed by atoms with Crippen LogP contribution in [0.5, 0.6) is 0 Å². The van der Waals surface area contributed by atoms with Crippen LogP contribution in [0, 0.1) is 5.82 Å². The summed E-state index contributed by atoms with van der Waals surface area (Å²) >= 11 is 5.64. The first-order chi connectivity index (χ1) is 14.3. The summed E-state index contributed by atoms with van der Waals surface area (Å²) in [5.41, 5.74) is 0.399. The maximum atomic E-state index is 13.5. The SMILES string of the molecule is O=C1CCc2cc(N3CC[C@](O)(C(=O)NCc4ccc(Cl)c(F)c4)C3=O)ccc2N1. The molecule has 7 nitrogen and oxygen atoms in total. The van der Waals surface area contributed by atoms with Crippen molar-refractivity contribution >= 4 is 40.7 Å². The Hall–Kier alpha value is -2.97. The van der Waals surface area contributed by atoms with Gasteiger partial charge in [-0.2, -0.15) is 0 Å². The monoisotopic (exact) mass is 431 g/mol. The van der Waals surface area contributed by atoms with Crippen LogP contribution < -0.4 is 15.5 Å². The molecule has 0 radical (unpaired) electrons. The van der Waals surface area contributed by atoms with Crippen LogP contribution in [0.1, 0.15) is 24.0 Å². The molecule has 0 aliphatic carbocycles. The largest absolute Gasteiger partial charge is 0.372 e. The van der Waals surface area contributed by atoms with E-state index in [0.717, 1.165) is 5.56 Å². The normalized spacial score (nSPS) is 20.7. The Balaban J connectivity index is 1.46. The number of halogens is 2. The number of aryl methyl sites for hydroxylation is 1. The molecule has 30 heavy (non-hydrogen) atoms. The zero-order chi connectivity index (χ0) is 21.5. The Labute approximate surface area is 176 Å². The second-order valence-corrected chi connectivity index (χ2v) is 7.80. The molecule has 4 rings (SSSR count). The Kier molecular flexibility index (Phi) is 5.21. The number of carbonyl (C=O) groups excluding carboxylic acids is 3. The highest BCUT2D eigenvalue weighted by atomic mass is 35.5. The molecule has 2 aliphatic rings. The van der Waals surface area contributed by atoms with E-state index in [0.29, 0.717) is 29.8 Å². The fraction of sp³-hybridized carbons (Fsp3) is 0.286. The number of nitrogens with zero attached hydrogens (tertiary/aromatic N) is 1. The van der Waals surface area contributed by atoms with Crippen molar-refractivity contribution in [2.45, 2.75) is 31.4 Å². The maximum absolute atomic E-state index is 13.5. The molecular formula is C21H19ClFN3O4. The Morgan fingerprint density at radius 2 is 2.03 bits per heavy atom. The fourth-order valence-corrected chi connectivity index (χ4v) is 3.80. The van der Waals surface area contributed by atoms with Crippen molar-refractivity contribution in [3.8, 4) is 0 Å². The third-order valence-electron chi connectivity index (χ3n) is 5.40. The summed E-state index contributed by atoms with van der Waals surface area (Å²) in [6.07, 6.45) is 0.849. The van der Waals surface area contributed by atoms with E-state index in [1.807, 2.05) is 0 Å². The lowest BCUT2D eigenvalue weighted by molar-refractivity contribution is -0.149. The number of carbonyl (C=O) groups is 3. The van der Waals surface area contributed by atoms with Gasteiger partial charge >= 0.3 is 0 Å². The predicted molar refractivity (Wildman–Crippen MR) is 109 cm³/mol. The molecule has 156 valence electrons. The average molecular weight is 432 g/mol. The van der Waals surface area contributed by atoms with Crippen molar-refractivity contribution in [1.82, 2.24) is 5.32 Å². The van der Waals surface area contributed by atoms with Crippen LogP contribution in [0.2, 0.25) is 5.02 Å². The highest BCUT2D eigenvalue weighted by Crippen LogP contribution is 2.33. The minimum atomic E-state index is -2.20. The lowest BCUT2D eigenvalue weighted by Gasteiger charge is -2.24. The van der Waals surface area contributed by atoms with Crippen LogP contribution in [0.4, 0.5) is 15.8 Å². The van der Waals surface area contributed by atoms with Gasteiger partial charge in [-0.05, 0) is 47.9 Å². The summed E-state index contributed by atoms with van der Waals surface area (Å²) in [5, 5.41) is 16.0. The second-order valence-electron chi connectivity index (χ2n) is 7.39. The molecule has 0 saturated carbocycles. The molecule has 1 fully saturated rings. The van der Waals surface area contributed by atoms with Gasteiger partial charge in [0.25, 0.3) is 11.8 Å². The van der Waals surface area contributed by atoms with Crippen molar-refractivity contribution in [2.24, 2.45) is 0 Å². The highest BCUT2D eigenvalue weighted by molar-refractivity contribution is 6.30. The standard InChI is InChI=1S/C21H19ClFN3O4/c22-15-4-1-12(9-16(15)23)11-24-19(28)21(30)7-8-26(20(21)29)14-3-5-17-13(10-14)2-6-18(27)25-17/h1,3-5,9-10,30H,2,6-8,11H2,(H,24,28)(H,25,27)/t21-/m0/s1. The van der Waals surface area contributed by atoms with Gasteiger partial charge in [-0.25, -0.2) is 4.39 Å². The van der Waals surface area contributed by atoms with Crippen LogP contribution in [0.25, 0.3) is 0 Å². The van der Waals surface area contributed by atoms with E-state index < -0.39 is 23.2 Å². The molecule has 1 saturated heterocycles. The number of amides is 3. The van der Waals surface area contributed by atoms with Crippen LogP contribution >= 0.6 is 11.6 Å². The summed E-state index contributed by atoms with van der Waals surface area (Å²) in [7, 11) is 0. The van der Waals surface area contributed by atoms with Gasteiger partial charge in [0.05, 0.1) is 5.02 Å². The van der Waals surface area contributed by atoms with Crippen molar-refractivity contribution in [3.63, 3.8) is 0 Å². The van der Waals surface area contributed by atoms with Crippen LogP contribution in [0.3, 0.4) is 0 Å². The van der Waals surface area contributed by atoms with E-state index in [9.17, 15) is 23.9 Å². The molecule has 1 atom stereocenters. The minimum absolute atomic E-state index is 0.0325. The molecule has 0 aromatic heterocycles. The molecule has 3 N–H and O–H groups in total. The van der Waals surface area contributed by atoms with Gasteiger partial charge in [0.2, 0.25) is 11.5 Å². The predicted octanol–water partition coefficient (Wildman–Crippen LogP) is 2.15. The number of hydrogen-bond acceptors (Lipinski definition) is 4. The zero-order valence-corrected chi connectivity index (χ0v) is 16.6. The minimum Gasteiger partial charge on any atom is -0.372 e. The van der Waals surface area contributed by atoms with Gasteiger partial charge in [0.1, 0.15) is 5.82 Å². The number of benzene rings is 2. The number of aliphatic hydroxyl groups is 1. The van der Waals surface area contributed by atoms with E-state index in [1.165, 1.54) is 17.0 Å². The number of fused-ring (bicyclic) bond motifs is 1. The van der Waals surface area contributed by atoms with E-state index in [2.05, 4.69) is 10.6 Å². The van der Waals surface area contributed by atoms with Crippen LogP contribution in [0.15, 0.2) is 36.4 Å². The Morgan fingerprint density at radius 1 is 1.23 bits per heavy atom. The van der Waals surface area contributed by atoms with E-state index in [1.54, 1.807) is 24.3 Å². The van der Waals surface area contributed by atoms with E-state index in [4.69, 9.17) is 11.6 Å². The molecule has 3 amide bonds. The molecule has 0 spiro atoms. The number of nitrogens with one attached hydrogen (secondary N) is 2.